The van der Waals surface area contributed by atoms with E-state index in [1.165, 1.54) is 6.92 Å². The number of anilines is 1. The summed E-state index contributed by atoms with van der Waals surface area (Å²) in [6.07, 6.45) is 0. The van der Waals surface area contributed by atoms with Crippen LogP contribution in [0.1, 0.15) is 32.3 Å². The Kier molecular flexibility index (Phi) is 5.55. The minimum Gasteiger partial charge on any atom is -0.325 e. The molecule has 0 aliphatic carbocycles. The van der Waals surface area contributed by atoms with Crippen molar-refractivity contribution in [2.45, 2.75) is 26.7 Å². The molecule has 0 heterocycles. The van der Waals surface area contributed by atoms with Crippen LogP contribution >= 0.6 is 15.9 Å². The van der Waals surface area contributed by atoms with Gasteiger partial charge in [-0.1, -0.05) is 36.7 Å². The van der Waals surface area contributed by atoms with Gasteiger partial charge >= 0.3 is 0 Å². The summed E-state index contributed by atoms with van der Waals surface area (Å²) in [5, 5.41) is 2.67. The van der Waals surface area contributed by atoms with Gasteiger partial charge in [-0.2, -0.15) is 0 Å². The van der Waals surface area contributed by atoms with Crippen LogP contribution in [-0.2, 0) is 14.6 Å². The first-order valence-corrected chi connectivity index (χ1v) is 8.66. The third kappa shape index (κ3) is 4.95. The highest BCUT2D eigenvalue weighted by molar-refractivity contribution is 9.10. The van der Waals surface area contributed by atoms with Crippen LogP contribution in [0.2, 0.25) is 0 Å². The Labute approximate surface area is 122 Å². The van der Waals surface area contributed by atoms with Crippen LogP contribution in [0.3, 0.4) is 0 Å². The molecule has 0 unspecified atom stereocenters. The number of hydrogen-bond acceptors (Lipinski definition) is 3. The Balaban J connectivity index is 2.91. The summed E-state index contributed by atoms with van der Waals surface area (Å²) in [4.78, 5) is 11.7. The maximum absolute atomic E-state index is 11.7. The van der Waals surface area contributed by atoms with Crippen molar-refractivity contribution in [2.75, 3.05) is 16.8 Å². The second-order valence-electron chi connectivity index (χ2n) is 4.61. The predicted octanol–water partition coefficient (Wildman–Crippen LogP) is 2.95. The first-order valence-electron chi connectivity index (χ1n) is 6.05. The molecule has 1 amide bonds. The number of rotatable bonds is 5. The average molecular weight is 348 g/mol. The number of halogens is 1. The van der Waals surface area contributed by atoms with Gasteiger partial charge in [0.25, 0.3) is 0 Å². The largest absolute Gasteiger partial charge is 0.325 e. The van der Waals surface area contributed by atoms with Crippen molar-refractivity contribution in [1.29, 1.82) is 0 Å². The summed E-state index contributed by atoms with van der Waals surface area (Å²) in [6, 6.07) is 5.51. The lowest BCUT2D eigenvalue weighted by molar-refractivity contribution is -0.113. The van der Waals surface area contributed by atoms with E-state index in [0.29, 0.717) is 5.69 Å². The molecule has 0 radical (unpaired) electrons. The molecule has 19 heavy (non-hydrogen) atoms. The lowest BCUT2D eigenvalue weighted by Gasteiger charge is -2.14. The van der Waals surface area contributed by atoms with Gasteiger partial charge in [0.2, 0.25) is 5.91 Å². The van der Waals surface area contributed by atoms with Crippen LogP contribution in [0.25, 0.3) is 0 Å². The maximum Gasteiger partial charge on any atom is 0.239 e. The lowest BCUT2D eigenvalue weighted by Crippen LogP contribution is -2.24. The van der Waals surface area contributed by atoms with Crippen LogP contribution in [-0.4, -0.2) is 25.8 Å². The molecule has 0 saturated heterocycles. The molecule has 1 aromatic rings. The van der Waals surface area contributed by atoms with Crippen molar-refractivity contribution in [3.63, 3.8) is 0 Å². The number of benzene rings is 1. The highest BCUT2D eigenvalue weighted by atomic mass is 79.9. The van der Waals surface area contributed by atoms with E-state index < -0.39 is 21.5 Å². The topological polar surface area (TPSA) is 63.2 Å². The van der Waals surface area contributed by atoms with Crippen LogP contribution in [0.4, 0.5) is 5.69 Å². The Morgan fingerprint density at radius 3 is 2.53 bits per heavy atom. The molecule has 0 aromatic heterocycles. The molecule has 0 fully saturated rings. The number of sulfone groups is 1. The van der Waals surface area contributed by atoms with Crippen LogP contribution in [0.15, 0.2) is 22.7 Å². The van der Waals surface area contributed by atoms with Crippen molar-refractivity contribution in [3.05, 3.63) is 28.2 Å². The van der Waals surface area contributed by atoms with Crippen molar-refractivity contribution >= 4 is 37.4 Å². The molecule has 1 aromatic carbocycles. The van der Waals surface area contributed by atoms with Gasteiger partial charge in [-0.05, 0) is 29.7 Å². The van der Waals surface area contributed by atoms with Crippen molar-refractivity contribution < 1.29 is 13.2 Å². The molecule has 1 rings (SSSR count). The zero-order chi connectivity index (χ0) is 14.6. The van der Waals surface area contributed by atoms with E-state index in [1.54, 1.807) is 6.07 Å². The summed E-state index contributed by atoms with van der Waals surface area (Å²) in [7, 11) is -3.30. The van der Waals surface area contributed by atoms with E-state index >= 15 is 0 Å². The summed E-state index contributed by atoms with van der Waals surface area (Å²) in [5.74, 6) is -0.767. The fourth-order valence-corrected chi connectivity index (χ4v) is 2.67. The molecule has 0 saturated carbocycles. The smallest absolute Gasteiger partial charge is 0.239 e. The van der Waals surface area contributed by atoms with Gasteiger partial charge in [0.15, 0.2) is 9.84 Å². The first kappa shape index (κ1) is 16.2. The molecule has 106 valence electrons. The fourth-order valence-electron chi connectivity index (χ4n) is 1.61. The van der Waals surface area contributed by atoms with Gasteiger partial charge in [0.1, 0.15) is 5.75 Å². The molecule has 1 N–H and O–H groups in total. The summed E-state index contributed by atoms with van der Waals surface area (Å²) in [5.41, 5.74) is 1.63. The molecule has 0 aliphatic rings. The second kappa shape index (κ2) is 6.52. The van der Waals surface area contributed by atoms with Crippen LogP contribution < -0.4 is 5.32 Å². The van der Waals surface area contributed by atoms with Gasteiger partial charge < -0.3 is 5.32 Å². The zero-order valence-corrected chi connectivity index (χ0v) is 13.6. The minimum absolute atomic E-state index is 0.0300. The van der Waals surface area contributed by atoms with E-state index in [9.17, 15) is 13.2 Å². The lowest BCUT2D eigenvalue weighted by atomic mass is 10.0. The Morgan fingerprint density at radius 2 is 2.00 bits per heavy atom. The quantitative estimate of drug-likeness (QED) is 0.890. The highest BCUT2D eigenvalue weighted by Gasteiger charge is 2.16. The molecule has 0 atom stereocenters. The molecule has 0 spiro atoms. The normalized spacial score (nSPS) is 11.6. The Hall–Kier alpha value is -0.880. The Bertz CT molecular complexity index is 567. The van der Waals surface area contributed by atoms with E-state index in [4.69, 9.17) is 0 Å². The number of carbonyl (C=O) groups excluding carboxylic acids is 1. The molecule has 6 heteroatoms. The fraction of sp³-hybridized carbons (Fsp3) is 0.462. The minimum atomic E-state index is -3.30. The third-order valence-electron chi connectivity index (χ3n) is 2.70. The second-order valence-corrected chi connectivity index (χ2v) is 7.88. The summed E-state index contributed by atoms with van der Waals surface area (Å²) < 4.78 is 23.7. The van der Waals surface area contributed by atoms with Crippen molar-refractivity contribution in [3.8, 4) is 0 Å². The number of hydrogen-bond donors (Lipinski definition) is 1. The van der Waals surface area contributed by atoms with Gasteiger partial charge in [-0.15, -0.1) is 0 Å². The van der Waals surface area contributed by atoms with Gasteiger partial charge in [0.05, 0.1) is 0 Å². The molecular formula is C13H18BrNO3S. The predicted molar refractivity (Wildman–Crippen MR) is 81.2 cm³/mol. The first-order chi connectivity index (χ1) is 8.75. The van der Waals surface area contributed by atoms with E-state index in [0.717, 1.165) is 10.0 Å². The van der Waals surface area contributed by atoms with E-state index in [2.05, 4.69) is 21.2 Å². The number of carbonyl (C=O) groups is 1. The SMILES string of the molecule is CCS(=O)(=O)CC(=O)Nc1ccc(Br)cc1C(C)C. The monoisotopic (exact) mass is 347 g/mol. The van der Waals surface area contributed by atoms with Crippen LogP contribution in [0, 0.1) is 0 Å². The van der Waals surface area contributed by atoms with E-state index in [1.807, 2.05) is 26.0 Å². The summed E-state index contributed by atoms with van der Waals surface area (Å²) in [6.45, 7) is 5.56. The molecule has 0 aliphatic heterocycles. The van der Waals surface area contributed by atoms with Crippen molar-refractivity contribution in [2.24, 2.45) is 0 Å². The van der Waals surface area contributed by atoms with Crippen LogP contribution in [0.5, 0.6) is 0 Å². The average Bonchev–Trinajstić information content (AvgIpc) is 2.30. The highest BCUT2D eigenvalue weighted by Crippen LogP contribution is 2.27. The third-order valence-corrected chi connectivity index (χ3v) is 4.78. The van der Waals surface area contributed by atoms with Gasteiger partial charge in [-0.25, -0.2) is 8.42 Å². The number of nitrogens with one attached hydrogen (secondary N) is 1. The van der Waals surface area contributed by atoms with Gasteiger partial charge in [-0.3, -0.25) is 4.79 Å². The molecule has 0 bridgehead atoms. The zero-order valence-electron chi connectivity index (χ0n) is 11.2. The molecule has 4 nitrogen and oxygen atoms in total. The van der Waals surface area contributed by atoms with Crippen molar-refractivity contribution in [1.82, 2.24) is 0 Å². The number of amides is 1. The van der Waals surface area contributed by atoms with E-state index in [-0.39, 0.29) is 11.7 Å². The summed E-state index contributed by atoms with van der Waals surface area (Å²) >= 11 is 3.38. The maximum atomic E-state index is 11.7. The molecular weight excluding hydrogens is 330 g/mol. The Morgan fingerprint density at radius 1 is 1.37 bits per heavy atom. The van der Waals surface area contributed by atoms with Gasteiger partial charge in [0, 0.05) is 15.9 Å². The standard InChI is InChI=1S/C13H18BrNO3S/c1-4-19(17,18)8-13(16)15-12-6-5-10(14)7-11(12)9(2)3/h5-7,9H,4,8H2,1-3H3,(H,15,16).